The van der Waals surface area contributed by atoms with Gasteiger partial charge in [0.15, 0.2) is 0 Å². The van der Waals surface area contributed by atoms with E-state index in [1.54, 1.807) is 4.90 Å². The highest BCUT2D eigenvalue weighted by atomic mass is 16.2. The van der Waals surface area contributed by atoms with Crippen LogP contribution in [0.1, 0.15) is 37.3 Å². The molecule has 1 heterocycles. The molecule has 3 rings (SSSR count). The fraction of sp³-hybridized carbons (Fsp3) is 0.375. The molecule has 1 saturated heterocycles. The van der Waals surface area contributed by atoms with Crippen LogP contribution in [0.25, 0.3) is 0 Å². The highest BCUT2D eigenvalue weighted by Gasteiger charge is 2.33. The van der Waals surface area contributed by atoms with E-state index in [-0.39, 0.29) is 30.1 Å². The van der Waals surface area contributed by atoms with E-state index in [1.807, 2.05) is 61.5 Å². The van der Waals surface area contributed by atoms with E-state index in [9.17, 15) is 14.4 Å². The average Bonchev–Trinajstić information content (AvgIpc) is 3.12. The third-order valence-electron chi connectivity index (χ3n) is 5.25. The van der Waals surface area contributed by atoms with E-state index in [2.05, 4.69) is 10.6 Å². The Morgan fingerprint density at radius 2 is 1.83 bits per heavy atom. The first-order valence-corrected chi connectivity index (χ1v) is 10.5. The molecule has 3 amide bonds. The number of carbonyl (C=O) groups is 3. The minimum atomic E-state index is -0.319. The highest BCUT2D eigenvalue weighted by Crippen LogP contribution is 2.19. The molecule has 6 heteroatoms. The van der Waals surface area contributed by atoms with Gasteiger partial charge in [-0.2, -0.15) is 0 Å². The van der Waals surface area contributed by atoms with Crippen LogP contribution in [0.5, 0.6) is 0 Å². The lowest BCUT2D eigenvalue weighted by Crippen LogP contribution is -2.33. The van der Waals surface area contributed by atoms with E-state index >= 15 is 0 Å². The SMILES string of the molecule is CCCC(=O)Nc1cccc(CNC(=O)[C@H]2CC(=O)N(CCc3ccccc3)C2)c1. The standard InChI is InChI=1S/C24H29N3O3/c1-2-7-22(28)26-21-11-6-10-19(14-21)16-25-24(30)20-15-23(29)27(17-20)13-12-18-8-4-3-5-9-18/h3-6,8-11,14,20H,2,7,12-13,15-17H2,1H3,(H,25,30)(H,26,28)/t20-/m0/s1. The van der Waals surface area contributed by atoms with E-state index in [1.165, 1.54) is 5.56 Å². The summed E-state index contributed by atoms with van der Waals surface area (Å²) < 4.78 is 0. The van der Waals surface area contributed by atoms with Crippen LogP contribution in [0.3, 0.4) is 0 Å². The number of amides is 3. The number of nitrogens with zero attached hydrogens (tertiary/aromatic N) is 1. The van der Waals surface area contributed by atoms with Crippen molar-refractivity contribution < 1.29 is 14.4 Å². The Morgan fingerprint density at radius 3 is 2.60 bits per heavy atom. The van der Waals surface area contributed by atoms with Gasteiger partial charge in [-0.15, -0.1) is 0 Å². The lowest BCUT2D eigenvalue weighted by atomic mass is 10.1. The summed E-state index contributed by atoms with van der Waals surface area (Å²) in [5.74, 6) is -0.405. The Balaban J connectivity index is 1.47. The number of benzene rings is 2. The summed E-state index contributed by atoms with van der Waals surface area (Å²) in [5, 5.41) is 5.79. The molecule has 0 aliphatic carbocycles. The smallest absolute Gasteiger partial charge is 0.225 e. The molecule has 0 saturated carbocycles. The predicted octanol–water partition coefficient (Wildman–Crippen LogP) is 3.13. The van der Waals surface area contributed by atoms with Gasteiger partial charge in [0.2, 0.25) is 17.7 Å². The van der Waals surface area contributed by atoms with E-state index in [0.29, 0.717) is 26.1 Å². The van der Waals surface area contributed by atoms with Gasteiger partial charge in [-0.05, 0) is 36.1 Å². The molecule has 158 valence electrons. The predicted molar refractivity (Wildman–Crippen MR) is 117 cm³/mol. The molecular formula is C24H29N3O3. The van der Waals surface area contributed by atoms with Crippen LogP contribution in [0, 0.1) is 5.92 Å². The Morgan fingerprint density at radius 1 is 1.07 bits per heavy atom. The minimum Gasteiger partial charge on any atom is -0.352 e. The van der Waals surface area contributed by atoms with Gasteiger partial charge in [-0.3, -0.25) is 14.4 Å². The summed E-state index contributed by atoms with van der Waals surface area (Å²) in [6.07, 6.45) is 2.33. The third-order valence-corrected chi connectivity index (χ3v) is 5.25. The van der Waals surface area contributed by atoms with Crippen molar-refractivity contribution in [1.29, 1.82) is 0 Å². The Labute approximate surface area is 177 Å². The second kappa shape index (κ2) is 10.6. The first-order valence-electron chi connectivity index (χ1n) is 10.5. The maximum Gasteiger partial charge on any atom is 0.225 e. The number of anilines is 1. The van der Waals surface area contributed by atoms with Crippen LogP contribution in [0.15, 0.2) is 54.6 Å². The second-order valence-corrected chi connectivity index (χ2v) is 7.69. The molecule has 6 nitrogen and oxygen atoms in total. The molecule has 2 aromatic rings. The van der Waals surface area contributed by atoms with Gasteiger partial charge >= 0.3 is 0 Å². The minimum absolute atomic E-state index is 0.0150. The van der Waals surface area contributed by atoms with Crippen molar-refractivity contribution in [2.75, 3.05) is 18.4 Å². The van der Waals surface area contributed by atoms with Crippen LogP contribution in [-0.4, -0.2) is 35.7 Å². The summed E-state index contributed by atoms with van der Waals surface area (Å²) in [4.78, 5) is 38.4. The van der Waals surface area contributed by atoms with Gasteiger partial charge in [-0.25, -0.2) is 0 Å². The number of hydrogen-bond donors (Lipinski definition) is 2. The molecule has 0 bridgehead atoms. The Bertz CT molecular complexity index is 882. The van der Waals surface area contributed by atoms with Crippen LogP contribution in [0.4, 0.5) is 5.69 Å². The normalized spacial score (nSPS) is 15.8. The number of rotatable bonds is 9. The molecule has 0 radical (unpaired) electrons. The first kappa shape index (κ1) is 21.6. The summed E-state index contributed by atoms with van der Waals surface area (Å²) in [5.41, 5.74) is 2.82. The summed E-state index contributed by atoms with van der Waals surface area (Å²) in [7, 11) is 0. The van der Waals surface area contributed by atoms with Gasteiger partial charge in [0.25, 0.3) is 0 Å². The van der Waals surface area contributed by atoms with Crippen LogP contribution >= 0.6 is 0 Å². The lowest BCUT2D eigenvalue weighted by molar-refractivity contribution is -0.129. The molecule has 0 unspecified atom stereocenters. The average molecular weight is 408 g/mol. The maximum absolute atomic E-state index is 12.6. The third kappa shape index (κ3) is 6.17. The molecule has 0 aromatic heterocycles. The summed E-state index contributed by atoms with van der Waals surface area (Å²) in [6.45, 7) is 3.42. The Hall–Kier alpha value is -3.15. The zero-order valence-corrected chi connectivity index (χ0v) is 17.4. The zero-order chi connectivity index (χ0) is 21.3. The highest BCUT2D eigenvalue weighted by molar-refractivity contribution is 5.91. The molecule has 2 N–H and O–H groups in total. The molecule has 1 aliphatic heterocycles. The maximum atomic E-state index is 12.6. The fourth-order valence-electron chi connectivity index (χ4n) is 3.62. The molecule has 0 spiro atoms. The van der Waals surface area contributed by atoms with Crippen molar-refractivity contribution in [2.45, 2.75) is 39.2 Å². The van der Waals surface area contributed by atoms with E-state index < -0.39 is 0 Å². The van der Waals surface area contributed by atoms with Gasteiger partial charge < -0.3 is 15.5 Å². The molecule has 30 heavy (non-hydrogen) atoms. The van der Waals surface area contributed by atoms with Crippen LogP contribution < -0.4 is 10.6 Å². The van der Waals surface area contributed by atoms with Crippen molar-refractivity contribution in [1.82, 2.24) is 10.2 Å². The largest absolute Gasteiger partial charge is 0.352 e. The number of likely N-dealkylation sites (tertiary alicyclic amines) is 1. The van der Waals surface area contributed by atoms with Crippen LogP contribution in [0.2, 0.25) is 0 Å². The van der Waals surface area contributed by atoms with Crippen molar-refractivity contribution in [3.8, 4) is 0 Å². The second-order valence-electron chi connectivity index (χ2n) is 7.69. The molecule has 1 atom stereocenters. The summed E-state index contributed by atoms with van der Waals surface area (Å²) in [6, 6.07) is 17.5. The van der Waals surface area contributed by atoms with Gasteiger partial charge in [-0.1, -0.05) is 49.4 Å². The number of nitrogens with one attached hydrogen (secondary N) is 2. The summed E-state index contributed by atoms with van der Waals surface area (Å²) >= 11 is 0. The van der Waals surface area contributed by atoms with Crippen molar-refractivity contribution in [3.63, 3.8) is 0 Å². The quantitative estimate of drug-likeness (QED) is 0.670. The molecule has 1 fully saturated rings. The van der Waals surface area contributed by atoms with Gasteiger partial charge in [0.05, 0.1) is 5.92 Å². The monoisotopic (exact) mass is 407 g/mol. The topological polar surface area (TPSA) is 78.5 Å². The van der Waals surface area contributed by atoms with Gasteiger partial charge in [0, 0.05) is 38.2 Å². The fourth-order valence-corrected chi connectivity index (χ4v) is 3.62. The molecular weight excluding hydrogens is 378 g/mol. The first-order chi connectivity index (χ1) is 14.5. The van der Waals surface area contributed by atoms with Gasteiger partial charge in [0.1, 0.15) is 0 Å². The Kier molecular flexibility index (Phi) is 7.60. The van der Waals surface area contributed by atoms with E-state index in [4.69, 9.17) is 0 Å². The molecule has 2 aromatic carbocycles. The number of hydrogen-bond acceptors (Lipinski definition) is 3. The van der Waals surface area contributed by atoms with Crippen molar-refractivity contribution >= 4 is 23.4 Å². The molecule has 1 aliphatic rings. The number of carbonyl (C=O) groups excluding carboxylic acids is 3. The van der Waals surface area contributed by atoms with Crippen molar-refractivity contribution in [3.05, 3.63) is 65.7 Å². The van der Waals surface area contributed by atoms with Crippen molar-refractivity contribution in [2.24, 2.45) is 5.92 Å². The van der Waals surface area contributed by atoms with E-state index in [0.717, 1.165) is 24.1 Å². The zero-order valence-electron chi connectivity index (χ0n) is 17.4. The lowest BCUT2D eigenvalue weighted by Gasteiger charge is -2.16. The van der Waals surface area contributed by atoms with Crippen LogP contribution in [-0.2, 0) is 27.3 Å².